The van der Waals surface area contributed by atoms with Crippen molar-refractivity contribution in [2.45, 2.75) is 52.4 Å². The molecule has 0 radical (unpaired) electrons. The first kappa shape index (κ1) is 23.5. The number of rotatable bonds is 5. The van der Waals surface area contributed by atoms with E-state index in [0.717, 1.165) is 25.9 Å². The van der Waals surface area contributed by atoms with E-state index in [1.807, 2.05) is 0 Å². The zero-order valence-corrected chi connectivity index (χ0v) is 19.7. The Labute approximate surface area is 197 Å². The monoisotopic (exact) mass is 468 g/mol. The Kier molecular flexibility index (Phi) is 5.75. The van der Waals surface area contributed by atoms with Crippen LogP contribution in [-0.4, -0.2) is 58.0 Å². The minimum Gasteiger partial charge on any atom is -0.507 e. The molecule has 0 bridgehead atoms. The van der Waals surface area contributed by atoms with E-state index < -0.39 is 28.5 Å². The van der Waals surface area contributed by atoms with Crippen molar-refractivity contribution in [3.63, 3.8) is 0 Å². The summed E-state index contributed by atoms with van der Waals surface area (Å²) in [6, 6.07) is 0. The summed E-state index contributed by atoms with van der Waals surface area (Å²) in [6.45, 7) is 7.55. The van der Waals surface area contributed by atoms with Gasteiger partial charge in [0.2, 0.25) is 5.91 Å². The van der Waals surface area contributed by atoms with E-state index in [2.05, 4.69) is 5.32 Å². The van der Waals surface area contributed by atoms with Crippen molar-refractivity contribution in [1.82, 2.24) is 10.2 Å². The molecule has 1 aromatic rings. The topological polar surface area (TPSA) is 133 Å². The largest absolute Gasteiger partial charge is 0.507 e. The SMILES string of the molecule is CC(=O)c1c(O)c(C)c(O)c2c1OC1=CC(=O)/C(=C(/C)NCCC(=O)N3CCCC3)C(=O)[C@]12C. The number of carbonyl (C=O) groups excluding carboxylic acids is 4. The van der Waals surface area contributed by atoms with Gasteiger partial charge in [-0.3, -0.25) is 19.2 Å². The molecule has 9 nitrogen and oxygen atoms in total. The average Bonchev–Trinajstić information content (AvgIpc) is 3.39. The normalized spacial score (nSPS) is 22.7. The van der Waals surface area contributed by atoms with Crippen molar-refractivity contribution in [2.75, 3.05) is 19.6 Å². The number of phenols is 2. The molecule has 1 amide bonds. The number of allylic oxidation sites excluding steroid dienone is 4. The Bertz CT molecular complexity index is 1200. The van der Waals surface area contributed by atoms with Gasteiger partial charge in [0.25, 0.3) is 0 Å². The Morgan fingerprint density at radius 1 is 1.15 bits per heavy atom. The number of hydrogen-bond donors (Lipinski definition) is 3. The smallest absolute Gasteiger partial charge is 0.224 e. The molecule has 1 saturated heterocycles. The van der Waals surface area contributed by atoms with E-state index in [-0.39, 0.29) is 58.4 Å². The van der Waals surface area contributed by atoms with Crippen molar-refractivity contribution in [2.24, 2.45) is 0 Å². The van der Waals surface area contributed by atoms with Crippen molar-refractivity contribution in [3.8, 4) is 17.2 Å². The standard InChI is InChI=1S/C25H28N2O7/c1-12-21(31)19(14(3)28)23-20(22(12)32)25(4)16(34-23)11-15(29)18(24(25)33)13(2)26-8-7-17(30)27-9-5-6-10-27/h11,26,31-32H,5-10H2,1-4H3/b18-13+/t25-/m1/s1. The fraction of sp³-hybridized carbons (Fsp3) is 0.440. The second-order valence-corrected chi connectivity index (χ2v) is 9.15. The summed E-state index contributed by atoms with van der Waals surface area (Å²) in [5.41, 5.74) is -1.41. The molecule has 0 unspecified atom stereocenters. The number of phenolic OH excluding ortho intramolecular Hbond substituents is 2. The van der Waals surface area contributed by atoms with Crippen molar-refractivity contribution >= 4 is 23.3 Å². The van der Waals surface area contributed by atoms with Crippen molar-refractivity contribution < 1.29 is 34.1 Å². The highest BCUT2D eigenvalue weighted by molar-refractivity contribution is 6.31. The van der Waals surface area contributed by atoms with Crippen LogP contribution in [-0.2, 0) is 19.8 Å². The Hall–Kier alpha value is -3.62. The fourth-order valence-electron chi connectivity index (χ4n) is 4.93. The Balaban J connectivity index is 1.69. The maximum atomic E-state index is 13.7. The quantitative estimate of drug-likeness (QED) is 0.340. The number of nitrogens with one attached hydrogen (secondary N) is 1. The number of carbonyl (C=O) groups is 4. The number of fused-ring (bicyclic) bond motifs is 3. The van der Waals surface area contributed by atoms with E-state index in [0.29, 0.717) is 5.70 Å². The summed E-state index contributed by atoms with van der Waals surface area (Å²) in [7, 11) is 0. The summed E-state index contributed by atoms with van der Waals surface area (Å²) in [5, 5.41) is 24.3. The highest BCUT2D eigenvalue weighted by Crippen LogP contribution is 2.57. The van der Waals surface area contributed by atoms with Gasteiger partial charge in [-0.25, -0.2) is 0 Å². The van der Waals surface area contributed by atoms with Gasteiger partial charge in [-0.1, -0.05) is 0 Å². The van der Waals surface area contributed by atoms with Gasteiger partial charge in [0.15, 0.2) is 17.3 Å². The molecule has 0 saturated carbocycles. The minimum atomic E-state index is -1.56. The van der Waals surface area contributed by atoms with Gasteiger partial charge < -0.3 is 25.2 Å². The highest BCUT2D eigenvalue weighted by atomic mass is 16.5. The lowest BCUT2D eigenvalue weighted by atomic mass is 9.70. The molecule has 1 fully saturated rings. The van der Waals surface area contributed by atoms with Crippen LogP contribution in [0.2, 0.25) is 0 Å². The molecule has 2 heterocycles. The number of aromatic hydroxyl groups is 2. The Morgan fingerprint density at radius 2 is 1.79 bits per heavy atom. The lowest BCUT2D eigenvalue weighted by Crippen LogP contribution is -2.41. The number of benzene rings is 1. The third kappa shape index (κ3) is 3.38. The fourth-order valence-corrected chi connectivity index (χ4v) is 4.93. The van der Waals surface area contributed by atoms with Crippen LogP contribution in [0.15, 0.2) is 23.1 Å². The van der Waals surface area contributed by atoms with Gasteiger partial charge in [0, 0.05) is 43.4 Å². The second kappa shape index (κ2) is 8.30. The van der Waals surface area contributed by atoms with E-state index >= 15 is 0 Å². The van der Waals surface area contributed by atoms with Crippen LogP contribution in [0.3, 0.4) is 0 Å². The molecule has 2 aliphatic heterocycles. The Morgan fingerprint density at radius 3 is 2.41 bits per heavy atom. The van der Waals surface area contributed by atoms with Crippen LogP contribution >= 0.6 is 0 Å². The van der Waals surface area contributed by atoms with Crippen LogP contribution < -0.4 is 10.1 Å². The molecule has 1 aliphatic carbocycles. The molecule has 34 heavy (non-hydrogen) atoms. The summed E-state index contributed by atoms with van der Waals surface area (Å²) in [6.07, 6.45) is 3.40. The van der Waals surface area contributed by atoms with E-state index in [1.165, 1.54) is 26.8 Å². The molecular formula is C25H28N2O7. The van der Waals surface area contributed by atoms with Crippen LogP contribution in [0.4, 0.5) is 0 Å². The van der Waals surface area contributed by atoms with Gasteiger partial charge in [-0.05, 0) is 40.5 Å². The summed E-state index contributed by atoms with van der Waals surface area (Å²) in [4.78, 5) is 52.9. The molecule has 3 N–H and O–H groups in total. The third-order valence-electron chi connectivity index (χ3n) is 6.95. The van der Waals surface area contributed by atoms with Crippen LogP contribution in [0, 0.1) is 6.92 Å². The first-order chi connectivity index (χ1) is 16.0. The molecule has 1 atom stereocenters. The van der Waals surface area contributed by atoms with E-state index in [1.54, 1.807) is 11.8 Å². The first-order valence-electron chi connectivity index (χ1n) is 11.3. The van der Waals surface area contributed by atoms with Crippen molar-refractivity contribution in [3.05, 3.63) is 39.8 Å². The van der Waals surface area contributed by atoms with Crippen LogP contribution in [0.1, 0.15) is 61.5 Å². The van der Waals surface area contributed by atoms with Crippen molar-refractivity contribution in [1.29, 1.82) is 0 Å². The first-order valence-corrected chi connectivity index (χ1v) is 11.3. The maximum absolute atomic E-state index is 13.7. The molecular weight excluding hydrogens is 440 g/mol. The molecule has 0 aromatic heterocycles. The average molecular weight is 469 g/mol. The van der Waals surface area contributed by atoms with Gasteiger partial charge in [0.1, 0.15) is 34.0 Å². The van der Waals surface area contributed by atoms with Crippen LogP contribution in [0.5, 0.6) is 17.2 Å². The molecule has 1 aromatic carbocycles. The lowest BCUT2D eigenvalue weighted by molar-refractivity contribution is -0.130. The van der Waals surface area contributed by atoms with Gasteiger partial charge >= 0.3 is 0 Å². The maximum Gasteiger partial charge on any atom is 0.224 e. The summed E-state index contributed by atoms with van der Waals surface area (Å²) < 4.78 is 5.75. The predicted octanol–water partition coefficient (Wildman–Crippen LogP) is 2.17. The van der Waals surface area contributed by atoms with Crippen LogP contribution in [0.25, 0.3) is 0 Å². The zero-order chi connectivity index (χ0) is 24.9. The number of Topliss-reactive ketones (excluding diaryl/α,β-unsaturated/α-hetero) is 2. The molecule has 4 rings (SSSR count). The second-order valence-electron chi connectivity index (χ2n) is 9.15. The summed E-state index contributed by atoms with van der Waals surface area (Å²) in [5.74, 6) is -2.59. The highest BCUT2D eigenvalue weighted by Gasteiger charge is 2.56. The third-order valence-corrected chi connectivity index (χ3v) is 6.95. The zero-order valence-electron chi connectivity index (χ0n) is 19.7. The van der Waals surface area contributed by atoms with Gasteiger partial charge in [0.05, 0.1) is 11.1 Å². The number of ketones is 3. The molecule has 3 aliphatic rings. The minimum absolute atomic E-state index is 0.0129. The molecule has 9 heteroatoms. The van der Waals surface area contributed by atoms with E-state index in [4.69, 9.17) is 4.74 Å². The summed E-state index contributed by atoms with van der Waals surface area (Å²) >= 11 is 0. The van der Waals surface area contributed by atoms with Gasteiger partial charge in [-0.15, -0.1) is 0 Å². The molecule has 180 valence electrons. The number of ether oxygens (including phenoxy) is 1. The lowest BCUT2D eigenvalue weighted by Gasteiger charge is -2.29. The number of hydrogen-bond acceptors (Lipinski definition) is 8. The number of likely N-dealkylation sites (tertiary alicyclic amines) is 1. The van der Waals surface area contributed by atoms with Gasteiger partial charge in [-0.2, -0.15) is 0 Å². The number of amides is 1. The van der Waals surface area contributed by atoms with E-state index in [9.17, 15) is 29.4 Å². The predicted molar refractivity (Wildman–Crippen MR) is 122 cm³/mol. The molecule has 0 spiro atoms. The number of nitrogens with zero attached hydrogens (tertiary/aromatic N) is 1.